The summed E-state index contributed by atoms with van der Waals surface area (Å²) < 4.78 is 7.23. The molecule has 37 heavy (non-hydrogen) atoms. The number of carbonyl (C=O) groups is 3. The van der Waals surface area contributed by atoms with Crippen molar-refractivity contribution < 1.29 is 19.1 Å². The second-order valence-electron chi connectivity index (χ2n) is 10.0. The number of benzene rings is 1. The Hall–Kier alpha value is -2.78. The van der Waals surface area contributed by atoms with Gasteiger partial charge in [0.25, 0.3) is 5.91 Å². The number of piperazine rings is 1. The summed E-state index contributed by atoms with van der Waals surface area (Å²) in [5.41, 5.74) is 1.56. The zero-order valence-electron chi connectivity index (χ0n) is 22.3. The van der Waals surface area contributed by atoms with E-state index in [1.54, 1.807) is 21.1 Å². The van der Waals surface area contributed by atoms with Gasteiger partial charge < -0.3 is 29.7 Å². The van der Waals surface area contributed by atoms with E-state index in [0.29, 0.717) is 31.9 Å². The van der Waals surface area contributed by atoms with E-state index in [4.69, 9.17) is 4.74 Å². The van der Waals surface area contributed by atoms with Crippen molar-refractivity contribution in [1.82, 2.24) is 25.0 Å². The fourth-order valence-electron chi connectivity index (χ4n) is 5.39. The number of hydrogen-bond acceptors (Lipinski definition) is 5. The van der Waals surface area contributed by atoms with Gasteiger partial charge in [0.2, 0.25) is 11.8 Å². The molecule has 204 valence electrons. The zero-order chi connectivity index (χ0) is 25.8. The minimum Gasteiger partial charge on any atom is -0.497 e. The third kappa shape index (κ3) is 6.21. The van der Waals surface area contributed by atoms with Crippen LogP contribution in [0.1, 0.15) is 49.5 Å². The molecule has 0 unspecified atom stereocenters. The second-order valence-corrected chi connectivity index (χ2v) is 10.0. The fraction of sp³-hybridized carbons (Fsp3) is 0.593. The van der Waals surface area contributed by atoms with Crippen LogP contribution in [0.4, 0.5) is 0 Å². The Labute approximate surface area is 225 Å². The molecule has 2 aliphatic rings. The number of halogens is 1. The van der Waals surface area contributed by atoms with Crippen LogP contribution in [0.2, 0.25) is 0 Å². The second kappa shape index (κ2) is 12.6. The maximum absolute atomic E-state index is 13.6. The van der Waals surface area contributed by atoms with Gasteiger partial charge in [-0.1, -0.05) is 19.3 Å². The summed E-state index contributed by atoms with van der Waals surface area (Å²) in [7, 11) is 5.25. The predicted molar refractivity (Wildman–Crippen MR) is 146 cm³/mol. The van der Waals surface area contributed by atoms with Crippen LogP contribution < -0.4 is 15.4 Å². The highest BCUT2D eigenvalue weighted by Crippen LogP contribution is 2.28. The lowest BCUT2D eigenvalue weighted by molar-refractivity contribution is -0.140. The molecule has 1 aromatic heterocycles. The summed E-state index contributed by atoms with van der Waals surface area (Å²) in [6.45, 7) is 3.65. The van der Waals surface area contributed by atoms with Crippen molar-refractivity contribution in [2.75, 3.05) is 40.3 Å². The molecule has 1 aliphatic heterocycles. The normalized spacial score (nSPS) is 18.2. The molecule has 1 saturated heterocycles. The van der Waals surface area contributed by atoms with Gasteiger partial charge in [0.1, 0.15) is 17.5 Å². The van der Waals surface area contributed by atoms with E-state index in [0.717, 1.165) is 42.3 Å². The molecule has 0 bridgehead atoms. The highest BCUT2D eigenvalue weighted by molar-refractivity contribution is 5.99. The van der Waals surface area contributed by atoms with Crippen molar-refractivity contribution in [2.24, 2.45) is 13.0 Å². The van der Waals surface area contributed by atoms with E-state index in [-0.39, 0.29) is 42.1 Å². The lowest BCUT2D eigenvalue weighted by Gasteiger charge is -2.39. The zero-order valence-corrected chi connectivity index (χ0v) is 23.1. The molecule has 2 aromatic rings. The van der Waals surface area contributed by atoms with Gasteiger partial charge in [-0.25, -0.2) is 0 Å². The molecule has 2 N–H and O–H groups in total. The average Bonchev–Trinajstić information content (AvgIpc) is 3.26. The third-order valence-corrected chi connectivity index (χ3v) is 7.86. The Morgan fingerprint density at radius 3 is 2.27 bits per heavy atom. The molecule has 0 spiro atoms. The smallest absolute Gasteiger partial charge is 0.270 e. The van der Waals surface area contributed by atoms with Crippen molar-refractivity contribution in [1.29, 1.82) is 0 Å². The Morgan fingerprint density at radius 2 is 1.65 bits per heavy atom. The van der Waals surface area contributed by atoms with Crippen LogP contribution in [0.5, 0.6) is 5.75 Å². The highest BCUT2D eigenvalue weighted by Gasteiger charge is 2.36. The maximum atomic E-state index is 13.6. The molecule has 2 atom stereocenters. The van der Waals surface area contributed by atoms with Gasteiger partial charge in [-0.3, -0.25) is 14.4 Å². The lowest BCUT2D eigenvalue weighted by atomic mass is 9.83. The largest absolute Gasteiger partial charge is 0.497 e. The van der Waals surface area contributed by atoms with Gasteiger partial charge in [-0.2, -0.15) is 0 Å². The number of carbonyl (C=O) groups excluding carboxylic acids is 3. The number of fused-ring (bicyclic) bond motifs is 1. The monoisotopic (exact) mass is 533 g/mol. The minimum atomic E-state index is -0.510. The van der Waals surface area contributed by atoms with Crippen molar-refractivity contribution in [3.05, 3.63) is 30.0 Å². The summed E-state index contributed by atoms with van der Waals surface area (Å²) in [4.78, 5) is 43.2. The summed E-state index contributed by atoms with van der Waals surface area (Å²) >= 11 is 0. The number of ether oxygens (including phenoxy) is 1. The number of amides is 3. The Balaban J connectivity index is 0.00000380. The van der Waals surface area contributed by atoms with E-state index in [9.17, 15) is 14.4 Å². The van der Waals surface area contributed by atoms with Gasteiger partial charge in [-0.15, -0.1) is 12.4 Å². The molecule has 9 nitrogen and oxygen atoms in total. The van der Waals surface area contributed by atoms with E-state index in [1.165, 1.54) is 6.42 Å². The van der Waals surface area contributed by atoms with Gasteiger partial charge in [0.05, 0.1) is 18.7 Å². The molecule has 2 fully saturated rings. The van der Waals surface area contributed by atoms with Crippen molar-refractivity contribution in [3.63, 3.8) is 0 Å². The summed E-state index contributed by atoms with van der Waals surface area (Å²) in [6, 6.07) is 6.81. The number of nitrogens with zero attached hydrogens (tertiary/aromatic N) is 3. The van der Waals surface area contributed by atoms with Crippen LogP contribution in [0, 0.1) is 5.92 Å². The van der Waals surface area contributed by atoms with E-state index >= 15 is 0 Å². The SMILES string of the molecule is CN[C@@H](C)C(=O)N[C@H](C(=O)N1CCN(C(=O)c2cc3ccc(OC)cc3n2C)CC1)C1CCCCC1.Cl. The number of hydrogen-bond donors (Lipinski definition) is 2. The van der Waals surface area contributed by atoms with Gasteiger partial charge >= 0.3 is 0 Å². The number of likely N-dealkylation sites (N-methyl/N-ethyl adjacent to an activating group) is 1. The lowest BCUT2D eigenvalue weighted by Crippen LogP contribution is -2.59. The molecular weight excluding hydrogens is 494 g/mol. The van der Waals surface area contributed by atoms with Crippen molar-refractivity contribution in [2.45, 2.75) is 51.1 Å². The van der Waals surface area contributed by atoms with Crippen LogP contribution in [0.15, 0.2) is 24.3 Å². The first kappa shape index (κ1) is 28.8. The van der Waals surface area contributed by atoms with Crippen LogP contribution in [0.3, 0.4) is 0 Å². The molecule has 1 aromatic carbocycles. The molecule has 10 heteroatoms. The predicted octanol–water partition coefficient (Wildman–Crippen LogP) is 2.57. The quantitative estimate of drug-likeness (QED) is 0.570. The van der Waals surface area contributed by atoms with Crippen molar-refractivity contribution in [3.8, 4) is 5.75 Å². The van der Waals surface area contributed by atoms with Gasteiger partial charge in [0, 0.05) is 44.7 Å². The Kier molecular flexibility index (Phi) is 9.84. The van der Waals surface area contributed by atoms with Crippen LogP contribution >= 0.6 is 12.4 Å². The Bertz CT molecular complexity index is 1110. The first-order valence-electron chi connectivity index (χ1n) is 13.0. The summed E-state index contributed by atoms with van der Waals surface area (Å²) in [6.07, 6.45) is 5.26. The molecule has 0 radical (unpaired) electrons. The molecular formula is C27H40ClN5O4. The Morgan fingerprint density at radius 1 is 1.00 bits per heavy atom. The van der Waals surface area contributed by atoms with Gasteiger partial charge in [-0.05, 0) is 50.9 Å². The van der Waals surface area contributed by atoms with Crippen molar-refractivity contribution >= 4 is 41.0 Å². The van der Waals surface area contributed by atoms with E-state index in [2.05, 4.69) is 10.6 Å². The standard InChI is InChI=1S/C27H39N5O4.ClH/c1-18(28-2)25(33)29-24(19-8-6-5-7-9-19)27(35)32-14-12-31(13-15-32)26(34)23-16-20-10-11-21(36-4)17-22(20)30(23)3;/h10-11,16-19,24,28H,5-9,12-15H2,1-4H3,(H,29,33);1H/t18-,24-;/m0./s1. The molecule has 2 heterocycles. The fourth-order valence-corrected chi connectivity index (χ4v) is 5.39. The first-order valence-corrected chi connectivity index (χ1v) is 13.0. The summed E-state index contributed by atoms with van der Waals surface area (Å²) in [5.74, 6) is 0.690. The molecule has 4 rings (SSSR count). The number of methoxy groups -OCH3 is 1. The van der Waals surface area contributed by atoms with Crippen LogP contribution in [0.25, 0.3) is 10.9 Å². The highest BCUT2D eigenvalue weighted by atomic mass is 35.5. The topological polar surface area (TPSA) is 95.9 Å². The number of nitrogens with one attached hydrogen (secondary N) is 2. The van der Waals surface area contributed by atoms with E-state index < -0.39 is 6.04 Å². The molecule has 1 saturated carbocycles. The first-order chi connectivity index (χ1) is 17.3. The maximum Gasteiger partial charge on any atom is 0.270 e. The number of aromatic nitrogens is 1. The molecule has 3 amide bonds. The summed E-state index contributed by atoms with van der Waals surface area (Å²) in [5, 5.41) is 6.98. The average molecular weight is 534 g/mol. The van der Waals surface area contributed by atoms with Gasteiger partial charge in [0.15, 0.2) is 0 Å². The number of rotatable bonds is 7. The van der Waals surface area contributed by atoms with Crippen LogP contribution in [-0.2, 0) is 16.6 Å². The minimum absolute atomic E-state index is 0. The molecule has 1 aliphatic carbocycles. The van der Waals surface area contributed by atoms with E-state index in [1.807, 2.05) is 45.7 Å². The van der Waals surface area contributed by atoms with Crippen LogP contribution in [-0.4, -0.2) is 84.5 Å². The third-order valence-electron chi connectivity index (χ3n) is 7.86. The number of aryl methyl sites for hydroxylation is 1.